The third kappa shape index (κ3) is 5.02. The van der Waals surface area contributed by atoms with Gasteiger partial charge >= 0.3 is 11.7 Å². The zero-order valence-electron chi connectivity index (χ0n) is 14.8. The number of esters is 1. The van der Waals surface area contributed by atoms with Gasteiger partial charge < -0.3 is 18.9 Å². The highest BCUT2D eigenvalue weighted by atomic mass is 16.7. The Bertz CT molecular complexity index is 813. The molecule has 1 fully saturated rings. The number of aryl methyl sites for hydroxylation is 1. The highest BCUT2D eigenvalue weighted by molar-refractivity contribution is 5.75. The van der Waals surface area contributed by atoms with Crippen molar-refractivity contribution < 1.29 is 28.7 Å². The van der Waals surface area contributed by atoms with Gasteiger partial charge in [0.1, 0.15) is 5.75 Å². The zero-order chi connectivity index (χ0) is 19.2. The second kappa shape index (κ2) is 8.61. The second-order valence-electron chi connectivity index (χ2n) is 5.99. The van der Waals surface area contributed by atoms with Crippen molar-refractivity contribution in [3.8, 4) is 11.5 Å². The molecule has 142 valence electrons. The average Bonchev–Trinajstić information content (AvgIpc) is 2.68. The van der Waals surface area contributed by atoms with E-state index >= 15 is 0 Å². The second-order valence-corrected chi connectivity index (χ2v) is 5.99. The fourth-order valence-corrected chi connectivity index (χ4v) is 2.52. The molecule has 0 bridgehead atoms. The Balaban J connectivity index is 1.66. The van der Waals surface area contributed by atoms with Gasteiger partial charge in [0.05, 0.1) is 18.1 Å². The van der Waals surface area contributed by atoms with Crippen molar-refractivity contribution in [2.75, 3.05) is 19.8 Å². The normalized spacial score (nSPS) is 14.6. The molecule has 0 aromatic heterocycles. The Kier molecular flexibility index (Phi) is 6.00. The van der Waals surface area contributed by atoms with Crippen LogP contribution in [0.25, 0.3) is 0 Å². The van der Waals surface area contributed by atoms with E-state index in [-0.39, 0.29) is 18.0 Å². The molecule has 0 saturated carbocycles. The SMILES string of the molecule is Cc1ccc(OCC(=O)Oc2ccc(C3OCCCO3)cc2[N+](=O)[O-])cc1. The Morgan fingerprint density at radius 2 is 1.89 bits per heavy atom. The van der Waals surface area contributed by atoms with Crippen LogP contribution in [0.4, 0.5) is 5.69 Å². The molecule has 0 aliphatic carbocycles. The van der Waals surface area contributed by atoms with E-state index in [1.807, 2.05) is 19.1 Å². The first-order valence-electron chi connectivity index (χ1n) is 8.44. The lowest BCUT2D eigenvalue weighted by Gasteiger charge is -2.23. The minimum Gasteiger partial charge on any atom is -0.482 e. The van der Waals surface area contributed by atoms with Gasteiger partial charge in [-0.05, 0) is 37.6 Å². The van der Waals surface area contributed by atoms with Crippen molar-refractivity contribution in [1.82, 2.24) is 0 Å². The largest absolute Gasteiger partial charge is 0.482 e. The maximum absolute atomic E-state index is 12.0. The van der Waals surface area contributed by atoms with Crippen molar-refractivity contribution in [2.24, 2.45) is 0 Å². The van der Waals surface area contributed by atoms with Crippen molar-refractivity contribution in [1.29, 1.82) is 0 Å². The first-order chi connectivity index (χ1) is 13.0. The molecule has 3 rings (SSSR count). The van der Waals surface area contributed by atoms with Gasteiger partial charge in [-0.25, -0.2) is 4.79 Å². The van der Waals surface area contributed by atoms with Crippen LogP contribution >= 0.6 is 0 Å². The molecule has 0 unspecified atom stereocenters. The van der Waals surface area contributed by atoms with E-state index in [9.17, 15) is 14.9 Å². The highest BCUT2D eigenvalue weighted by Crippen LogP contribution is 2.32. The Hall–Kier alpha value is -2.97. The van der Waals surface area contributed by atoms with Crippen LogP contribution in [0.5, 0.6) is 11.5 Å². The molecule has 1 aliphatic heterocycles. The summed E-state index contributed by atoms with van der Waals surface area (Å²) in [4.78, 5) is 22.7. The molecular formula is C19H19NO7. The summed E-state index contributed by atoms with van der Waals surface area (Å²) >= 11 is 0. The van der Waals surface area contributed by atoms with Gasteiger partial charge in [-0.15, -0.1) is 0 Å². The van der Waals surface area contributed by atoms with Gasteiger partial charge in [-0.2, -0.15) is 0 Å². The highest BCUT2D eigenvalue weighted by Gasteiger charge is 2.24. The summed E-state index contributed by atoms with van der Waals surface area (Å²) < 4.78 is 21.3. The Labute approximate surface area is 155 Å². The maximum atomic E-state index is 12.0. The molecule has 1 heterocycles. The number of nitrogens with zero attached hydrogens (tertiary/aromatic N) is 1. The van der Waals surface area contributed by atoms with E-state index in [1.165, 1.54) is 12.1 Å². The summed E-state index contributed by atoms with van der Waals surface area (Å²) in [6, 6.07) is 11.4. The van der Waals surface area contributed by atoms with Crippen molar-refractivity contribution in [2.45, 2.75) is 19.6 Å². The first kappa shape index (κ1) is 18.8. The van der Waals surface area contributed by atoms with Crippen LogP contribution in [0, 0.1) is 17.0 Å². The van der Waals surface area contributed by atoms with Gasteiger partial charge in [0, 0.05) is 11.6 Å². The lowest BCUT2D eigenvalue weighted by Crippen LogP contribution is -2.19. The number of nitro groups is 1. The van der Waals surface area contributed by atoms with Crippen LogP contribution in [-0.2, 0) is 14.3 Å². The standard InChI is InChI=1S/C19H19NO7/c1-13-3-6-15(7-4-13)26-12-18(21)27-17-8-5-14(11-16(17)20(22)23)19-24-9-2-10-25-19/h3-8,11,19H,2,9-10,12H2,1H3. The van der Waals surface area contributed by atoms with Gasteiger partial charge in [0.25, 0.3) is 0 Å². The summed E-state index contributed by atoms with van der Waals surface area (Å²) in [6.45, 7) is 2.61. The monoisotopic (exact) mass is 373 g/mol. The maximum Gasteiger partial charge on any atom is 0.349 e. The van der Waals surface area contributed by atoms with E-state index < -0.39 is 17.2 Å². The molecule has 27 heavy (non-hydrogen) atoms. The molecule has 0 radical (unpaired) electrons. The number of ether oxygens (including phenoxy) is 4. The predicted molar refractivity (Wildman–Crippen MR) is 94.7 cm³/mol. The summed E-state index contributed by atoms with van der Waals surface area (Å²) in [5.41, 5.74) is 1.22. The summed E-state index contributed by atoms with van der Waals surface area (Å²) in [7, 11) is 0. The number of hydrogen-bond donors (Lipinski definition) is 0. The molecule has 1 saturated heterocycles. The molecule has 0 amide bonds. The third-order valence-corrected chi connectivity index (χ3v) is 3.88. The van der Waals surface area contributed by atoms with Crippen LogP contribution in [0.3, 0.4) is 0 Å². The predicted octanol–water partition coefficient (Wildman–Crippen LogP) is 3.32. The Morgan fingerprint density at radius 1 is 1.19 bits per heavy atom. The zero-order valence-corrected chi connectivity index (χ0v) is 14.8. The number of rotatable bonds is 6. The number of nitro benzene ring substituents is 1. The number of carbonyl (C=O) groups excluding carboxylic acids is 1. The van der Waals surface area contributed by atoms with Crippen LogP contribution in [0.2, 0.25) is 0 Å². The molecule has 1 aliphatic rings. The van der Waals surface area contributed by atoms with E-state index in [1.54, 1.807) is 18.2 Å². The van der Waals surface area contributed by atoms with Crippen LogP contribution in [0.1, 0.15) is 23.8 Å². The van der Waals surface area contributed by atoms with Crippen molar-refractivity contribution >= 4 is 11.7 Å². The quantitative estimate of drug-likeness (QED) is 0.331. The fraction of sp³-hybridized carbons (Fsp3) is 0.316. The van der Waals surface area contributed by atoms with Gasteiger partial charge in [-0.1, -0.05) is 17.7 Å². The van der Waals surface area contributed by atoms with Crippen molar-refractivity contribution in [3.63, 3.8) is 0 Å². The molecule has 0 atom stereocenters. The molecule has 8 heteroatoms. The number of carbonyl (C=O) groups is 1. The smallest absolute Gasteiger partial charge is 0.349 e. The van der Waals surface area contributed by atoms with E-state index in [0.717, 1.165) is 12.0 Å². The molecule has 8 nitrogen and oxygen atoms in total. The lowest BCUT2D eigenvalue weighted by molar-refractivity contribution is -0.385. The van der Waals surface area contributed by atoms with E-state index in [4.69, 9.17) is 18.9 Å². The van der Waals surface area contributed by atoms with Crippen LogP contribution < -0.4 is 9.47 Å². The van der Waals surface area contributed by atoms with Crippen LogP contribution in [-0.4, -0.2) is 30.7 Å². The number of hydrogen-bond acceptors (Lipinski definition) is 7. The Morgan fingerprint density at radius 3 is 2.56 bits per heavy atom. The topological polar surface area (TPSA) is 97.1 Å². The minimum absolute atomic E-state index is 0.155. The molecule has 2 aromatic rings. The summed E-state index contributed by atoms with van der Waals surface area (Å²) in [5.74, 6) is -0.386. The fourth-order valence-electron chi connectivity index (χ4n) is 2.52. The van der Waals surface area contributed by atoms with Gasteiger partial charge in [0.2, 0.25) is 5.75 Å². The summed E-state index contributed by atoms with van der Waals surface area (Å²) in [5, 5.41) is 11.4. The van der Waals surface area contributed by atoms with Gasteiger partial charge in [-0.3, -0.25) is 10.1 Å². The molecule has 2 aromatic carbocycles. The van der Waals surface area contributed by atoms with Gasteiger partial charge in [0.15, 0.2) is 12.9 Å². The minimum atomic E-state index is -0.739. The first-order valence-corrected chi connectivity index (χ1v) is 8.44. The lowest BCUT2D eigenvalue weighted by atomic mass is 10.1. The number of benzene rings is 2. The third-order valence-electron chi connectivity index (χ3n) is 3.88. The van der Waals surface area contributed by atoms with Crippen molar-refractivity contribution in [3.05, 3.63) is 63.7 Å². The summed E-state index contributed by atoms with van der Waals surface area (Å²) in [6.07, 6.45) is 0.113. The average molecular weight is 373 g/mol. The molecule has 0 N–H and O–H groups in total. The van der Waals surface area contributed by atoms with Crippen LogP contribution in [0.15, 0.2) is 42.5 Å². The van der Waals surface area contributed by atoms with E-state index in [0.29, 0.717) is 24.5 Å². The molecule has 0 spiro atoms. The molecular weight excluding hydrogens is 354 g/mol. The van der Waals surface area contributed by atoms with E-state index in [2.05, 4.69) is 0 Å².